The fourth-order valence-corrected chi connectivity index (χ4v) is 1.55. The van der Waals surface area contributed by atoms with Crippen molar-refractivity contribution in [2.75, 3.05) is 7.11 Å². The van der Waals surface area contributed by atoms with Gasteiger partial charge in [-0.25, -0.2) is 4.52 Å². The normalized spacial score (nSPS) is 10.5. The van der Waals surface area contributed by atoms with Crippen molar-refractivity contribution in [2.24, 2.45) is 0 Å². The summed E-state index contributed by atoms with van der Waals surface area (Å²) in [6, 6.07) is 3.85. The van der Waals surface area contributed by atoms with Crippen molar-refractivity contribution in [1.82, 2.24) is 9.61 Å². The summed E-state index contributed by atoms with van der Waals surface area (Å²) in [5, 5.41) is 4.09. The van der Waals surface area contributed by atoms with Crippen LogP contribution in [0.4, 0.5) is 0 Å². The summed E-state index contributed by atoms with van der Waals surface area (Å²) < 4.78 is 7.82. The quantitative estimate of drug-likeness (QED) is 0.745. The molecule has 2 rings (SSSR count). The topological polar surface area (TPSA) is 26.5 Å². The van der Waals surface area contributed by atoms with Gasteiger partial charge in [0.05, 0.1) is 17.1 Å². The van der Waals surface area contributed by atoms with Crippen LogP contribution in [0, 0.1) is 0 Å². The molecule has 0 atom stereocenters. The molecule has 0 aliphatic heterocycles. The molecule has 62 valence electrons. The lowest BCUT2D eigenvalue weighted by Gasteiger charge is -2.02. The lowest BCUT2D eigenvalue weighted by Crippen LogP contribution is -1.90. The summed E-state index contributed by atoms with van der Waals surface area (Å²) in [4.78, 5) is 0. The monoisotopic (exact) mass is 226 g/mol. The van der Waals surface area contributed by atoms with Gasteiger partial charge in [-0.15, -0.1) is 0 Å². The zero-order chi connectivity index (χ0) is 8.55. The first-order valence-electron chi connectivity index (χ1n) is 3.48. The highest BCUT2D eigenvalue weighted by atomic mass is 79.9. The van der Waals surface area contributed by atoms with Gasteiger partial charge >= 0.3 is 0 Å². The second-order valence-electron chi connectivity index (χ2n) is 2.39. The second kappa shape index (κ2) is 2.79. The fraction of sp³-hybridized carbons (Fsp3) is 0.125. The van der Waals surface area contributed by atoms with Crippen LogP contribution in [0.25, 0.3) is 5.52 Å². The number of methoxy groups -OCH3 is 1. The molecule has 0 amide bonds. The maximum absolute atomic E-state index is 5.13. The lowest BCUT2D eigenvalue weighted by atomic mass is 10.4. The summed E-state index contributed by atoms with van der Waals surface area (Å²) >= 11 is 3.38. The molecule has 0 radical (unpaired) electrons. The van der Waals surface area contributed by atoms with Gasteiger partial charge in [0.15, 0.2) is 0 Å². The molecular formula is C8H7BrN2O. The van der Waals surface area contributed by atoms with Crippen molar-refractivity contribution in [3.8, 4) is 5.75 Å². The second-order valence-corrected chi connectivity index (χ2v) is 3.24. The van der Waals surface area contributed by atoms with Crippen molar-refractivity contribution < 1.29 is 4.74 Å². The summed E-state index contributed by atoms with van der Waals surface area (Å²) in [6.07, 6.45) is 3.62. The van der Waals surface area contributed by atoms with Crippen molar-refractivity contribution >= 4 is 21.4 Å². The van der Waals surface area contributed by atoms with E-state index < -0.39 is 0 Å². The van der Waals surface area contributed by atoms with Crippen LogP contribution < -0.4 is 4.74 Å². The van der Waals surface area contributed by atoms with Gasteiger partial charge in [0.25, 0.3) is 0 Å². The van der Waals surface area contributed by atoms with Gasteiger partial charge in [-0.3, -0.25) is 0 Å². The number of rotatable bonds is 1. The largest absolute Gasteiger partial charge is 0.495 e. The highest BCUT2D eigenvalue weighted by molar-refractivity contribution is 9.10. The molecule has 0 bridgehead atoms. The average Bonchev–Trinajstić information content (AvgIpc) is 2.49. The average molecular weight is 227 g/mol. The van der Waals surface area contributed by atoms with E-state index in [0.29, 0.717) is 0 Å². The highest BCUT2D eigenvalue weighted by Gasteiger charge is 2.01. The van der Waals surface area contributed by atoms with Crippen LogP contribution >= 0.6 is 15.9 Å². The summed E-state index contributed by atoms with van der Waals surface area (Å²) in [6.45, 7) is 0. The van der Waals surface area contributed by atoms with Crippen LogP contribution in [0.2, 0.25) is 0 Å². The molecule has 12 heavy (non-hydrogen) atoms. The van der Waals surface area contributed by atoms with E-state index in [2.05, 4.69) is 21.0 Å². The van der Waals surface area contributed by atoms with E-state index in [1.165, 1.54) is 0 Å². The van der Waals surface area contributed by atoms with Crippen LogP contribution in [0.3, 0.4) is 0 Å². The molecule has 2 heterocycles. The predicted molar refractivity (Wildman–Crippen MR) is 49.4 cm³/mol. The summed E-state index contributed by atoms with van der Waals surface area (Å²) in [5.74, 6) is 0.822. The zero-order valence-corrected chi connectivity index (χ0v) is 8.08. The third-order valence-corrected chi connectivity index (χ3v) is 2.27. The van der Waals surface area contributed by atoms with E-state index in [1.54, 1.807) is 17.8 Å². The fourth-order valence-electron chi connectivity index (χ4n) is 1.08. The molecule has 2 aromatic heterocycles. The van der Waals surface area contributed by atoms with E-state index in [4.69, 9.17) is 4.74 Å². The van der Waals surface area contributed by atoms with Crippen molar-refractivity contribution in [1.29, 1.82) is 0 Å². The van der Waals surface area contributed by atoms with Crippen LogP contribution in [-0.2, 0) is 0 Å². The van der Waals surface area contributed by atoms with Crippen molar-refractivity contribution in [3.05, 3.63) is 29.0 Å². The molecule has 0 saturated heterocycles. The molecule has 0 unspecified atom stereocenters. The van der Waals surface area contributed by atoms with E-state index in [-0.39, 0.29) is 0 Å². The Hall–Kier alpha value is -1.03. The maximum Gasteiger partial charge on any atom is 0.136 e. The molecule has 0 N–H and O–H groups in total. The number of hydrogen-bond acceptors (Lipinski definition) is 2. The first kappa shape index (κ1) is 7.61. The van der Waals surface area contributed by atoms with Crippen molar-refractivity contribution in [3.63, 3.8) is 0 Å². The Labute approximate surface area is 78.1 Å². The highest BCUT2D eigenvalue weighted by Crippen LogP contribution is 2.25. The number of nitrogens with zero attached hydrogens (tertiary/aromatic N) is 2. The van der Waals surface area contributed by atoms with Gasteiger partial charge in [0.2, 0.25) is 0 Å². The first-order valence-corrected chi connectivity index (χ1v) is 4.27. The Balaban J connectivity index is 2.73. The molecule has 0 aliphatic carbocycles. The molecular weight excluding hydrogens is 220 g/mol. The Bertz CT molecular complexity index is 410. The standard InChI is InChI=1S/C8H7BrN2O/c1-12-8-4-6-2-3-10-11(6)5-7(8)9/h2-5H,1H3. The van der Waals surface area contributed by atoms with Gasteiger partial charge in [-0.05, 0) is 22.0 Å². The molecule has 0 saturated carbocycles. The van der Waals surface area contributed by atoms with E-state index in [9.17, 15) is 0 Å². The summed E-state index contributed by atoms with van der Waals surface area (Å²) in [7, 11) is 1.65. The minimum atomic E-state index is 0.822. The van der Waals surface area contributed by atoms with Gasteiger partial charge in [-0.2, -0.15) is 5.10 Å². The molecule has 0 fully saturated rings. The van der Waals surface area contributed by atoms with Gasteiger partial charge in [0.1, 0.15) is 5.75 Å². The van der Waals surface area contributed by atoms with Crippen LogP contribution in [0.15, 0.2) is 29.0 Å². The maximum atomic E-state index is 5.13. The Morgan fingerprint density at radius 3 is 3.17 bits per heavy atom. The van der Waals surface area contributed by atoms with Crippen molar-refractivity contribution in [2.45, 2.75) is 0 Å². The number of ether oxygens (including phenoxy) is 1. The molecule has 0 aromatic carbocycles. The number of fused-ring (bicyclic) bond motifs is 1. The number of pyridine rings is 1. The molecule has 0 aliphatic rings. The zero-order valence-electron chi connectivity index (χ0n) is 6.49. The third-order valence-electron chi connectivity index (χ3n) is 1.67. The van der Waals surface area contributed by atoms with E-state index in [1.807, 2.05) is 18.3 Å². The molecule has 0 spiro atoms. The van der Waals surface area contributed by atoms with Gasteiger partial charge < -0.3 is 4.74 Å². The van der Waals surface area contributed by atoms with Crippen LogP contribution in [0.5, 0.6) is 5.75 Å². The van der Waals surface area contributed by atoms with Gasteiger partial charge in [-0.1, -0.05) is 0 Å². The molecule has 4 heteroatoms. The minimum Gasteiger partial charge on any atom is -0.495 e. The van der Waals surface area contributed by atoms with E-state index in [0.717, 1.165) is 15.7 Å². The first-order chi connectivity index (χ1) is 5.81. The van der Waals surface area contributed by atoms with Gasteiger partial charge in [0, 0.05) is 18.5 Å². The lowest BCUT2D eigenvalue weighted by molar-refractivity contribution is 0.412. The third kappa shape index (κ3) is 1.08. The number of halogens is 1. The predicted octanol–water partition coefficient (Wildman–Crippen LogP) is 2.11. The van der Waals surface area contributed by atoms with Crippen LogP contribution in [0.1, 0.15) is 0 Å². The summed E-state index contributed by atoms with van der Waals surface area (Å²) in [5.41, 5.74) is 1.02. The Morgan fingerprint density at radius 2 is 2.42 bits per heavy atom. The number of hydrogen-bond donors (Lipinski definition) is 0. The SMILES string of the molecule is COc1cc2ccnn2cc1Br. The molecule has 2 aromatic rings. The Morgan fingerprint density at radius 1 is 1.58 bits per heavy atom. The minimum absolute atomic E-state index is 0.822. The smallest absolute Gasteiger partial charge is 0.136 e. The van der Waals surface area contributed by atoms with Crippen LogP contribution in [-0.4, -0.2) is 16.7 Å². The number of aromatic nitrogens is 2. The Kier molecular flexibility index (Phi) is 1.77. The van der Waals surface area contributed by atoms with E-state index >= 15 is 0 Å². The molecule has 3 nitrogen and oxygen atoms in total.